The highest BCUT2D eigenvalue weighted by molar-refractivity contribution is 5.58. The molecular formula is C11H21N3O. The molecule has 0 amide bonds. The highest BCUT2D eigenvalue weighted by Gasteiger charge is 2.30. The van der Waals surface area contributed by atoms with E-state index < -0.39 is 0 Å². The number of hydrogen-bond acceptors (Lipinski definition) is 4. The summed E-state index contributed by atoms with van der Waals surface area (Å²) in [7, 11) is 2.17. The minimum absolute atomic E-state index is 0.104. The van der Waals surface area contributed by atoms with E-state index in [2.05, 4.69) is 22.2 Å². The Morgan fingerprint density at radius 2 is 2.00 bits per heavy atom. The molecule has 2 aliphatic heterocycles. The molecule has 1 unspecified atom stereocenters. The third-order valence-corrected chi connectivity index (χ3v) is 3.64. The quantitative estimate of drug-likeness (QED) is 0.628. The number of aldehydes is 1. The van der Waals surface area contributed by atoms with Gasteiger partial charge in [0.25, 0.3) is 0 Å². The lowest BCUT2D eigenvalue weighted by atomic mass is 10.0. The van der Waals surface area contributed by atoms with Gasteiger partial charge >= 0.3 is 0 Å². The summed E-state index contributed by atoms with van der Waals surface area (Å²) in [5, 5.41) is 3.28. The van der Waals surface area contributed by atoms with Gasteiger partial charge in [0.1, 0.15) is 6.29 Å². The van der Waals surface area contributed by atoms with E-state index in [1.54, 1.807) is 0 Å². The lowest BCUT2D eigenvalue weighted by molar-refractivity contribution is -0.114. The van der Waals surface area contributed by atoms with E-state index in [4.69, 9.17) is 0 Å². The smallest absolute Gasteiger partial charge is 0.138 e. The molecule has 0 aliphatic carbocycles. The molecule has 2 saturated heterocycles. The summed E-state index contributed by atoms with van der Waals surface area (Å²) in [5.41, 5.74) is 0. The van der Waals surface area contributed by atoms with Crippen LogP contribution in [0.5, 0.6) is 0 Å². The molecule has 0 aromatic rings. The summed E-state index contributed by atoms with van der Waals surface area (Å²) in [5.74, 6) is 0. The number of piperidine rings is 1. The molecular weight excluding hydrogens is 190 g/mol. The zero-order valence-corrected chi connectivity index (χ0v) is 9.48. The van der Waals surface area contributed by atoms with Crippen molar-refractivity contribution in [3.8, 4) is 0 Å². The van der Waals surface area contributed by atoms with Crippen LogP contribution in [0.1, 0.15) is 12.8 Å². The van der Waals surface area contributed by atoms with Crippen LogP contribution in [0.4, 0.5) is 0 Å². The van der Waals surface area contributed by atoms with Crippen LogP contribution in [0.3, 0.4) is 0 Å². The molecule has 4 heteroatoms. The average molecular weight is 211 g/mol. The maximum Gasteiger partial charge on any atom is 0.138 e. The topological polar surface area (TPSA) is 35.6 Å². The zero-order chi connectivity index (χ0) is 10.7. The van der Waals surface area contributed by atoms with Crippen molar-refractivity contribution in [3.63, 3.8) is 0 Å². The van der Waals surface area contributed by atoms with Gasteiger partial charge < -0.3 is 15.0 Å². The fourth-order valence-corrected chi connectivity index (χ4v) is 2.65. The molecule has 0 saturated carbocycles. The van der Waals surface area contributed by atoms with Crippen molar-refractivity contribution < 1.29 is 4.79 Å². The van der Waals surface area contributed by atoms with Crippen molar-refractivity contribution in [2.45, 2.75) is 24.9 Å². The minimum atomic E-state index is 0.104. The number of hydrogen-bond donors (Lipinski definition) is 1. The molecule has 0 aromatic heterocycles. The lowest BCUT2D eigenvalue weighted by Crippen LogP contribution is -2.57. The molecule has 1 N–H and O–H groups in total. The van der Waals surface area contributed by atoms with E-state index in [0.29, 0.717) is 6.04 Å². The second-order valence-electron chi connectivity index (χ2n) is 4.68. The molecule has 15 heavy (non-hydrogen) atoms. The molecule has 2 aliphatic rings. The summed E-state index contributed by atoms with van der Waals surface area (Å²) < 4.78 is 0. The zero-order valence-electron chi connectivity index (χ0n) is 9.48. The first-order valence-corrected chi connectivity index (χ1v) is 5.91. The van der Waals surface area contributed by atoms with Gasteiger partial charge in [-0.1, -0.05) is 0 Å². The Hall–Kier alpha value is -0.450. The first-order valence-electron chi connectivity index (χ1n) is 5.91. The normalized spacial score (nSPS) is 31.7. The maximum absolute atomic E-state index is 11.0. The Kier molecular flexibility index (Phi) is 3.72. The fraction of sp³-hybridized carbons (Fsp3) is 0.909. The summed E-state index contributed by atoms with van der Waals surface area (Å²) >= 11 is 0. The largest absolute Gasteiger partial charge is 0.313 e. The van der Waals surface area contributed by atoms with Gasteiger partial charge in [-0.05, 0) is 33.0 Å². The summed E-state index contributed by atoms with van der Waals surface area (Å²) in [4.78, 5) is 15.8. The number of rotatable bonds is 2. The molecule has 0 radical (unpaired) electrons. The van der Waals surface area contributed by atoms with E-state index >= 15 is 0 Å². The van der Waals surface area contributed by atoms with Crippen molar-refractivity contribution >= 4 is 6.29 Å². The van der Waals surface area contributed by atoms with E-state index in [9.17, 15) is 4.79 Å². The van der Waals surface area contributed by atoms with Crippen LogP contribution >= 0.6 is 0 Å². The molecule has 4 nitrogen and oxygen atoms in total. The van der Waals surface area contributed by atoms with Gasteiger partial charge in [-0.25, -0.2) is 0 Å². The Morgan fingerprint density at radius 3 is 2.67 bits per heavy atom. The van der Waals surface area contributed by atoms with Gasteiger partial charge in [-0.3, -0.25) is 4.90 Å². The fourth-order valence-electron chi connectivity index (χ4n) is 2.65. The van der Waals surface area contributed by atoms with Gasteiger partial charge in [-0.2, -0.15) is 0 Å². The van der Waals surface area contributed by atoms with Crippen LogP contribution < -0.4 is 5.32 Å². The predicted molar refractivity (Wildman–Crippen MR) is 59.9 cm³/mol. The number of piperazine rings is 1. The molecule has 2 rings (SSSR count). The van der Waals surface area contributed by atoms with Gasteiger partial charge in [0.15, 0.2) is 0 Å². The molecule has 1 atom stereocenters. The lowest BCUT2D eigenvalue weighted by Gasteiger charge is -2.42. The second kappa shape index (κ2) is 5.05. The van der Waals surface area contributed by atoms with Crippen LogP contribution in [0.25, 0.3) is 0 Å². The number of likely N-dealkylation sites (tertiary alicyclic amines) is 1. The van der Waals surface area contributed by atoms with Crippen LogP contribution in [0.2, 0.25) is 0 Å². The van der Waals surface area contributed by atoms with Crippen molar-refractivity contribution in [1.29, 1.82) is 0 Å². The van der Waals surface area contributed by atoms with Gasteiger partial charge in [-0.15, -0.1) is 0 Å². The monoisotopic (exact) mass is 211 g/mol. The predicted octanol–water partition coefficient (Wildman–Crippen LogP) is -0.447. The summed E-state index contributed by atoms with van der Waals surface area (Å²) in [6.45, 7) is 5.21. The van der Waals surface area contributed by atoms with Crippen LogP contribution in [-0.4, -0.2) is 67.9 Å². The summed E-state index contributed by atoms with van der Waals surface area (Å²) in [6.07, 6.45) is 3.52. The second-order valence-corrected chi connectivity index (χ2v) is 4.68. The highest BCUT2D eigenvalue weighted by Crippen LogP contribution is 2.18. The van der Waals surface area contributed by atoms with E-state index in [-0.39, 0.29) is 6.04 Å². The summed E-state index contributed by atoms with van der Waals surface area (Å²) in [6, 6.07) is 0.727. The van der Waals surface area contributed by atoms with Crippen molar-refractivity contribution in [1.82, 2.24) is 15.1 Å². The third-order valence-electron chi connectivity index (χ3n) is 3.64. The first kappa shape index (κ1) is 11.0. The molecule has 0 aromatic carbocycles. The number of carbonyl (C=O) groups is 1. The number of nitrogens with zero attached hydrogens (tertiary/aromatic N) is 2. The Morgan fingerprint density at radius 1 is 1.27 bits per heavy atom. The Labute approximate surface area is 91.6 Å². The van der Waals surface area contributed by atoms with Gasteiger partial charge in [0, 0.05) is 25.7 Å². The third kappa shape index (κ3) is 2.56. The number of nitrogens with one attached hydrogen (secondary N) is 1. The van der Waals surface area contributed by atoms with Gasteiger partial charge in [0.2, 0.25) is 0 Å². The Bertz CT molecular complexity index is 214. The average Bonchev–Trinajstić information content (AvgIpc) is 2.30. The molecule has 0 spiro atoms. The van der Waals surface area contributed by atoms with E-state index in [1.165, 1.54) is 25.9 Å². The maximum atomic E-state index is 11.0. The number of carbonyl (C=O) groups excluding carboxylic acids is 1. The van der Waals surface area contributed by atoms with Crippen LogP contribution in [0, 0.1) is 0 Å². The molecule has 86 valence electrons. The van der Waals surface area contributed by atoms with Crippen LogP contribution in [-0.2, 0) is 4.79 Å². The van der Waals surface area contributed by atoms with Crippen molar-refractivity contribution in [2.24, 2.45) is 0 Å². The van der Waals surface area contributed by atoms with Crippen molar-refractivity contribution in [2.75, 3.05) is 39.8 Å². The van der Waals surface area contributed by atoms with E-state index in [0.717, 1.165) is 25.9 Å². The highest BCUT2D eigenvalue weighted by atomic mass is 16.1. The van der Waals surface area contributed by atoms with E-state index in [1.807, 2.05) is 0 Å². The Balaban J connectivity index is 1.92. The molecule has 0 bridgehead atoms. The SMILES string of the molecule is CN1CCC(N2CCNCC2C=O)CC1. The standard InChI is InChI=1S/C11H21N3O/c1-13-5-2-10(3-6-13)14-7-4-12-8-11(14)9-15/h9-12H,2-8H2,1H3. The molecule has 2 fully saturated rings. The molecule has 2 heterocycles. The van der Waals surface area contributed by atoms with Crippen molar-refractivity contribution in [3.05, 3.63) is 0 Å². The minimum Gasteiger partial charge on any atom is -0.313 e. The van der Waals surface area contributed by atoms with Gasteiger partial charge in [0.05, 0.1) is 6.04 Å². The van der Waals surface area contributed by atoms with Crippen LogP contribution in [0.15, 0.2) is 0 Å². The first-order chi connectivity index (χ1) is 7.31.